The zero-order valence-corrected chi connectivity index (χ0v) is 15.6. The molecule has 3 rings (SSSR count). The van der Waals surface area contributed by atoms with Crippen LogP contribution in [0.3, 0.4) is 0 Å². The number of urea groups is 1. The van der Waals surface area contributed by atoms with Crippen LogP contribution in [0.2, 0.25) is 0 Å². The van der Waals surface area contributed by atoms with Crippen LogP contribution in [0.5, 0.6) is 0 Å². The molecule has 1 aromatic carbocycles. The molecule has 3 N–H and O–H groups in total. The van der Waals surface area contributed by atoms with Crippen molar-refractivity contribution in [1.82, 2.24) is 16.0 Å². The molecule has 0 spiro atoms. The molecular weight excluding hydrogens is 326 g/mol. The number of amides is 3. The Bertz CT molecular complexity index is 591. The molecule has 1 aromatic rings. The lowest BCUT2D eigenvalue weighted by Crippen LogP contribution is -2.46. The first-order chi connectivity index (χ1) is 12.7. The number of nitrogens with one attached hydrogen (secondary N) is 3. The molecule has 0 heterocycles. The van der Waals surface area contributed by atoms with E-state index in [0.29, 0.717) is 19.0 Å². The highest BCUT2D eigenvalue weighted by Crippen LogP contribution is 2.40. The van der Waals surface area contributed by atoms with Crippen LogP contribution in [0, 0.1) is 5.92 Å². The Morgan fingerprint density at radius 2 is 1.62 bits per heavy atom. The predicted molar refractivity (Wildman–Crippen MR) is 103 cm³/mol. The smallest absolute Gasteiger partial charge is 0.315 e. The van der Waals surface area contributed by atoms with E-state index in [2.05, 4.69) is 40.2 Å². The van der Waals surface area contributed by atoms with Gasteiger partial charge >= 0.3 is 6.03 Å². The van der Waals surface area contributed by atoms with Gasteiger partial charge in [0.2, 0.25) is 5.91 Å². The Balaban J connectivity index is 1.40. The zero-order valence-electron chi connectivity index (χ0n) is 15.6. The molecule has 26 heavy (non-hydrogen) atoms. The molecule has 0 atom stereocenters. The van der Waals surface area contributed by atoms with Crippen molar-refractivity contribution in [2.45, 2.75) is 56.8 Å². The van der Waals surface area contributed by atoms with Gasteiger partial charge in [-0.3, -0.25) is 4.79 Å². The van der Waals surface area contributed by atoms with E-state index in [-0.39, 0.29) is 23.9 Å². The van der Waals surface area contributed by atoms with E-state index < -0.39 is 0 Å². The summed E-state index contributed by atoms with van der Waals surface area (Å²) in [7, 11) is 0. The topological polar surface area (TPSA) is 70.2 Å². The molecule has 2 aliphatic carbocycles. The summed E-state index contributed by atoms with van der Waals surface area (Å²) < 4.78 is 0. The fraction of sp³-hybridized carbons (Fsp3) is 0.619. The van der Waals surface area contributed by atoms with Gasteiger partial charge in [0.05, 0.1) is 6.54 Å². The van der Waals surface area contributed by atoms with Gasteiger partial charge in [-0.25, -0.2) is 4.79 Å². The summed E-state index contributed by atoms with van der Waals surface area (Å²) in [5, 5.41) is 8.59. The lowest BCUT2D eigenvalue weighted by molar-refractivity contribution is -0.120. The molecule has 5 nitrogen and oxygen atoms in total. The second kappa shape index (κ2) is 9.06. The molecule has 3 amide bonds. The summed E-state index contributed by atoms with van der Waals surface area (Å²) in [6.45, 7) is 1.38. The zero-order chi connectivity index (χ0) is 18.2. The largest absolute Gasteiger partial charge is 0.354 e. The normalized spacial score (nSPS) is 19.2. The molecule has 5 heteroatoms. The van der Waals surface area contributed by atoms with Crippen molar-refractivity contribution in [2.75, 3.05) is 19.6 Å². The summed E-state index contributed by atoms with van der Waals surface area (Å²) in [5.41, 5.74) is 1.35. The molecule has 0 aliphatic heterocycles. The van der Waals surface area contributed by atoms with Crippen molar-refractivity contribution in [3.05, 3.63) is 35.9 Å². The van der Waals surface area contributed by atoms with E-state index in [1.165, 1.54) is 44.1 Å². The third-order valence-corrected chi connectivity index (χ3v) is 6.01. The van der Waals surface area contributed by atoms with Crippen LogP contribution in [0.15, 0.2) is 30.3 Å². The minimum absolute atomic E-state index is 0.0291. The van der Waals surface area contributed by atoms with Crippen molar-refractivity contribution in [3.63, 3.8) is 0 Å². The molecule has 0 radical (unpaired) electrons. The van der Waals surface area contributed by atoms with Gasteiger partial charge in [-0.1, -0.05) is 56.0 Å². The third-order valence-electron chi connectivity index (χ3n) is 6.01. The van der Waals surface area contributed by atoms with Gasteiger partial charge in [0.15, 0.2) is 0 Å². The lowest BCUT2D eigenvalue weighted by atomic mass is 9.79. The van der Waals surface area contributed by atoms with Gasteiger partial charge in [0.25, 0.3) is 0 Å². The predicted octanol–water partition coefficient (Wildman–Crippen LogP) is 3.10. The van der Waals surface area contributed by atoms with E-state index in [9.17, 15) is 9.59 Å². The van der Waals surface area contributed by atoms with E-state index in [4.69, 9.17) is 0 Å². The van der Waals surface area contributed by atoms with Crippen molar-refractivity contribution in [3.8, 4) is 0 Å². The number of carbonyl (C=O) groups is 2. The Hall–Kier alpha value is -2.04. The first-order valence-corrected chi connectivity index (χ1v) is 10.0. The molecule has 142 valence electrons. The van der Waals surface area contributed by atoms with Crippen LogP contribution in [0.4, 0.5) is 4.79 Å². The fourth-order valence-corrected chi connectivity index (χ4v) is 4.42. The molecule has 0 aromatic heterocycles. The Morgan fingerprint density at radius 3 is 2.31 bits per heavy atom. The minimum Gasteiger partial charge on any atom is -0.354 e. The third kappa shape index (κ3) is 4.99. The maximum Gasteiger partial charge on any atom is 0.315 e. The molecule has 0 unspecified atom stereocenters. The lowest BCUT2D eigenvalue weighted by Gasteiger charge is -2.30. The van der Waals surface area contributed by atoms with Crippen LogP contribution >= 0.6 is 0 Å². The average molecular weight is 357 g/mol. The highest BCUT2D eigenvalue weighted by atomic mass is 16.2. The minimum atomic E-state index is -0.245. The van der Waals surface area contributed by atoms with Gasteiger partial charge in [-0.15, -0.1) is 0 Å². The SMILES string of the molecule is O=C(CNC(=O)NCC1CCCC1)NCC1(c2ccccc2)CCCC1. The average Bonchev–Trinajstić information content (AvgIpc) is 3.36. The molecular formula is C21H31N3O2. The first-order valence-electron chi connectivity index (χ1n) is 10.0. The summed E-state index contributed by atoms with van der Waals surface area (Å²) in [5.74, 6) is 0.478. The number of benzene rings is 1. The van der Waals surface area contributed by atoms with Crippen LogP contribution in [0.1, 0.15) is 56.9 Å². The Labute approximate surface area is 156 Å². The second-order valence-corrected chi connectivity index (χ2v) is 7.84. The van der Waals surface area contributed by atoms with Gasteiger partial charge in [0, 0.05) is 18.5 Å². The van der Waals surface area contributed by atoms with Gasteiger partial charge in [0.1, 0.15) is 0 Å². The summed E-state index contributed by atoms with van der Waals surface area (Å²) >= 11 is 0. The highest BCUT2D eigenvalue weighted by molar-refractivity contribution is 5.83. The van der Waals surface area contributed by atoms with Crippen LogP contribution in [-0.4, -0.2) is 31.6 Å². The number of carbonyl (C=O) groups excluding carboxylic acids is 2. The van der Waals surface area contributed by atoms with Crippen molar-refractivity contribution < 1.29 is 9.59 Å². The molecule has 0 saturated heterocycles. The summed E-state index contributed by atoms with van der Waals surface area (Å²) in [6.07, 6.45) is 9.53. The van der Waals surface area contributed by atoms with Gasteiger partial charge in [-0.05, 0) is 37.2 Å². The number of rotatable bonds is 7. The molecule has 2 saturated carbocycles. The Morgan fingerprint density at radius 1 is 0.923 bits per heavy atom. The fourth-order valence-electron chi connectivity index (χ4n) is 4.42. The van der Waals surface area contributed by atoms with Crippen LogP contribution in [0.25, 0.3) is 0 Å². The van der Waals surface area contributed by atoms with Gasteiger partial charge in [-0.2, -0.15) is 0 Å². The van der Waals surface area contributed by atoms with E-state index in [0.717, 1.165) is 12.8 Å². The first kappa shape index (κ1) is 18.7. The summed E-state index contributed by atoms with van der Waals surface area (Å²) in [6, 6.07) is 10.2. The van der Waals surface area contributed by atoms with Crippen molar-refractivity contribution in [2.24, 2.45) is 5.92 Å². The quantitative estimate of drug-likeness (QED) is 0.702. The van der Waals surface area contributed by atoms with Crippen molar-refractivity contribution in [1.29, 1.82) is 0 Å². The molecule has 2 fully saturated rings. The van der Waals surface area contributed by atoms with Gasteiger partial charge < -0.3 is 16.0 Å². The summed E-state index contributed by atoms with van der Waals surface area (Å²) in [4.78, 5) is 24.0. The molecule has 0 bridgehead atoms. The van der Waals surface area contributed by atoms with E-state index in [1.807, 2.05) is 6.07 Å². The number of hydrogen-bond acceptors (Lipinski definition) is 2. The Kier molecular flexibility index (Phi) is 6.53. The monoisotopic (exact) mass is 357 g/mol. The van der Waals surface area contributed by atoms with Crippen LogP contribution < -0.4 is 16.0 Å². The molecule has 2 aliphatic rings. The highest BCUT2D eigenvalue weighted by Gasteiger charge is 2.35. The standard InChI is InChI=1S/C21H31N3O2/c25-19(15-23-20(26)22-14-17-8-4-5-9-17)24-16-21(12-6-7-13-21)18-10-2-1-3-11-18/h1-3,10-11,17H,4-9,12-16H2,(H,24,25)(H2,22,23,26). The maximum absolute atomic E-state index is 12.2. The van der Waals surface area contributed by atoms with Crippen LogP contribution in [-0.2, 0) is 10.2 Å². The maximum atomic E-state index is 12.2. The number of hydrogen-bond donors (Lipinski definition) is 3. The van der Waals surface area contributed by atoms with E-state index in [1.54, 1.807) is 0 Å². The van der Waals surface area contributed by atoms with E-state index >= 15 is 0 Å². The second-order valence-electron chi connectivity index (χ2n) is 7.84. The van der Waals surface area contributed by atoms with Crippen molar-refractivity contribution >= 4 is 11.9 Å².